The van der Waals surface area contributed by atoms with Crippen molar-refractivity contribution in [3.05, 3.63) is 22.9 Å². The summed E-state index contributed by atoms with van der Waals surface area (Å²) in [5, 5.41) is 13.0. The molecule has 0 spiro atoms. The molecule has 0 bridgehead atoms. The van der Waals surface area contributed by atoms with Crippen molar-refractivity contribution in [1.29, 1.82) is 5.26 Å². The number of fused-ring (bicyclic) bond motifs is 1. The van der Waals surface area contributed by atoms with Gasteiger partial charge in [0.2, 0.25) is 0 Å². The van der Waals surface area contributed by atoms with Gasteiger partial charge >= 0.3 is 0 Å². The molecule has 0 fully saturated rings. The maximum atomic E-state index is 12.0. The molecule has 1 atom stereocenters. The molecule has 0 aliphatic carbocycles. The van der Waals surface area contributed by atoms with Crippen LogP contribution in [0.25, 0.3) is 11.0 Å². The topological polar surface area (TPSA) is 85.7 Å². The largest absolute Gasteiger partial charge is 0.362 e. The van der Waals surface area contributed by atoms with Crippen molar-refractivity contribution in [2.45, 2.75) is 19.6 Å². The van der Waals surface area contributed by atoms with Crippen LogP contribution in [-0.2, 0) is 18.3 Å². The summed E-state index contributed by atoms with van der Waals surface area (Å²) in [6.45, 7) is 2.32. The lowest BCUT2D eigenvalue weighted by atomic mass is 10.4. The monoisotopic (exact) mass is 247 g/mol. The van der Waals surface area contributed by atoms with E-state index in [1.807, 2.05) is 6.07 Å². The van der Waals surface area contributed by atoms with E-state index in [0.29, 0.717) is 24.2 Å². The number of aromatic nitrogens is 4. The van der Waals surface area contributed by atoms with E-state index >= 15 is 0 Å². The molecule has 0 aliphatic rings. The molecule has 0 saturated heterocycles. The number of nitriles is 1. The van der Waals surface area contributed by atoms with Crippen LogP contribution in [0.4, 0.5) is 0 Å². The zero-order chi connectivity index (χ0) is 13.1. The molecule has 2 aromatic rings. The van der Waals surface area contributed by atoms with Gasteiger partial charge in [-0.3, -0.25) is 14.0 Å². The summed E-state index contributed by atoms with van der Waals surface area (Å²) in [7, 11) is 1.73. The quantitative estimate of drug-likeness (QED) is 0.762. The Morgan fingerprint density at radius 3 is 3.11 bits per heavy atom. The highest BCUT2D eigenvalue weighted by Crippen LogP contribution is 2.02. The summed E-state index contributed by atoms with van der Waals surface area (Å²) in [5.41, 5.74) is 0.406. The van der Waals surface area contributed by atoms with Gasteiger partial charge in [-0.1, -0.05) is 0 Å². The summed E-state index contributed by atoms with van der Waals surface area (Å²) < 4.78 is 8.20. The number of aryl methyl sites for hydroxylation is 1. The van der Waals surface area contributed by atoms with Crippen LogP contribution in [0.1, 0.15) is 6.92 Å². The van der Waals surface area contributed by atoms with Crippen molar-refractivity contribution in [3.63, 3.8) is 0 Å². The Balaban J connectivity index is 2.18. The van der Waals surface area contributed by atoms with Crippen molar-refractivity contribution in [2.75, 3.05) is 6.61 Å². The van der Waals surface area contributed by atoms with Gasteiger partial charge in [-0.2, -0.15) is 10.4 Å². The fourth-order valence-corrected chi connectivity index (χ4v) is 1.59. The summed E-state index contributed by atoms with van der Waals surface area (Å²) in [6, 6.07) is 1.96. The molecule has 0 radical (unpaired) electrons. The smallest absolute Gasteiger partial charge is 0.264 e. The predicted octanol–water partition coefficient (Wildman–Crippen LogP) is 0.0587. The lowest BCUT2D eigenvalue weighted by Crippen LogP contribution is -2.23. The van der Waals surface area contributed by atoms with Crippen molar-refractivity contribution in [2.24, 2.45) is 7.05 Å². The summed E-state index contributed by atoms with van der Waals surface area (Å²) >= 11 is 0. The van der Waals surface area contributed by atoms with E-state index in [-0.39, 0.29) is 5.56 Å². The molecule has 0 aromatic carbocycles. The Labute approximate surface area is 103 Å². The molecule has 94 valence electrons. The minimum atomic E-state index is -0.476. The molecule has 1 unspecified atom stereocenters. The standard InChI is InChI=1S/C11H13N5O2/c1-8(5-12)18-4-3-16-7-13-10-9(11(16)17)6-14-15(10)2/h6-8H,3-4H2,1-2H3. The van der Waals surface area contributed by atoms with Crippen LogP contribution in [0.15, 0.2) is 17.3 Å². The summed E-state index contributed by atoms with van der Waals surface area (Å²) in [5.74, 6) is 0. The number of hydrogen-bond acceptors (Lipinski definition) is 5. The fourth-order valence-electron chi connectivity index (χ4n) is 1.59. The van der Waals surface area contributed by atoms with E-state index in [1.165, 1.54) is 17.1 Å². The van der Waals surface area contributed by atoms with Gasteiger partial charge < -0.3 is 4.74 Å². The van der Waals surface area contributed by atoms with Gasteiger partial charge in [0.15, 0.2) is 5.65 Å². The minimum absolute atomic E-state index is 0.152. The highest BCUT2D eigenvalue weighted by atomic mass is 16.5. The van der Waals surface area contributed by atoms with Gasteiger partial charge in [0.05, 0.1) is 25.4 Å². The van der Waals surface area contributed by atoms with Gasteiger partial charge in [0, 0.05) is 7.05 Å². The van der Waals surface area contributed by atoms with Gasteiger partial charge in [-0.25, -0.2) is 4.98 Å². The second-order valence-electron chi connectivity index (χ2n) is 3.89. The second-order valence-corrected chi connectivity index (χ2v) is 3.89. The first-order valence-electron chi connectivity index (χ1n) is 5.52. The Kier molecular flexibility index (Phi) is 3.39. The van der Waals surface area contributed by atoms with Gasteiger partial charge in [-0.05, 0) is 6.92 Å². The number of nitrogens with zero attached hydrogens (tertiary/aromatic N) is 5. The molecular formula is C11H13N5O2. The van der Waals surface area contributed by atoms with Crippen molar-refractivity contribution >= 4 is 11.0 Å². The van der Waals surface area contributed by atoms with E-state index in [0.717, 1.165) is 0 Å². The summed E-state index contributed by atoms with van der Waals surface area (Å²) in [6.07, 6.45) is 2.49. The molecule has 2 aromatic heterocycles. The first kappa shape index (κ1) is 12.3. The van der Waals surface area contributed by atoms with Crippen LogP contribution in [0.5, 0.6) is 0 Å². The number of rotatable bonds is 4. The average Bonchev–Trinajstić information content (AvgIpc) is 2.74. The van der Waals surface area contributed by atoms with Crippen LogP contribution >= 0.6 is 0 Å². The van der Waals surface area contributed by atoms with E-state index in [4.69, 9.17) is 10.00 Å². The van der Waals surface area contributed by atoms with Crippen LogP contribution < -0.4 is 5.56 Å². The minimum Gasteiger partial charge on any atom is -0.362 e. The fraction of sp³-hybridized carbons (Fsp3) is 0.455. The Morgan fingerprint density at radius 2 is 2.39 bits per heavy atom. The van der Waals surface area contributed by atoms with E-state index < -0.39 is 6.10 Å². The molecule has 18 heavy (non-hydrogen) atoms. The highest BCUT2D eigenvalue weighted by molar-refractivity contribution is 5.72. The molecule has 0 aliphatic heterocycles. The second kappa shape index (κ2) is 4.98. The molecular weight excluding hydrogens is 234 g/mol. The first-order valence-corrected chi connectivity index (χ1v) is 5.52. The molecule has 0 amide bonds. The third-order valence-electron chi connectivity index (χ3n) is 2.60. The average molecular weight is 247 g/mol. The zero-order valence-corrected chi connectivity index (χ0v) is 10.2. The summed E-state index contributed by atoms with van der Waals surface area (Å²) in [4.78, 5) is 16.2. The van der Waals surface area contributed by atoms with E-state index in [2.05, 4.69) is 10.1 Å². The predicted molar refractivity (Wildman–Crippen MR) is 63.8 cm³/mol. The number of hydrogen-bond donors (Lipinski definition) is 0. The SMILES string of the molecule is CC(C#N)OCCn1cnc2c(cnn2C)c1=O. The Hall–Kier alpha value is -2.20. The maximum Gasteiger partial charge on any atom is 0.264 e. The van der Waals surface area contributed by atoms with Crippen LogP contribution in [0.3, 0.4) is 0 Å². The third-order valence-corrected chi connectivity index (χ3v) is 2.60. The van der Waals surface area contributed by atoms with E-state index in [1.54, 1.807) is 18.7 Å². The Morgan fingerprint density at radius 1 is 1.61 bits per heavy atom. The first-order chi connectivity index (χ1) is 8.63. The van der Waals surface area contributed by atoms with Crippen molar-refractivity contribution in [3.8, 4) is 6.07 Å². The van der Waals surface area contributed by atoms with Crippen LogP contribution in [0, 0.1) is 11.3 Å². The highest BCUT2D eigenvalue weighted by Gasteiger charge is 2.08. The number of ether oxygens (including phenoxy) is 1. The molecule has 0 N–H and O–H groups in total. The lowest BCUT2D eigenvalue weighted by molar-refractivity contribution is 0.0946. The van der Waals surface area contributed by atoms with Crippen LogP contribution in [0.2, 0.25) is 0 Å². The van der Waals surface area contributed by atoms with Crippen molar-refractivity contribution < 1.29 is 4.74 Å². The van der Waals surface area contributed by atoms with Gasteiger partial charge in [0.1, 0.15) is 17.8 Å². The van der Waals surface area contributed by atoms with Crippen molar-refractivity contribution in [1.82, 2.24) is 19.3 Å². The molecule has 7 heteroatoms. The third kappa shape index (κ3) is 2.24. The lowest BCUT2D eigenvalue weighted by Gasteiger charge is -2.07. The van der Waals surface area contributed by atoms with Gasteiger partial charge in [0.25, 0.3) is 5.56 Å². The molecule has 0 saturated carbocycles. The normalized spacial score (nSPS) is 12.5. The Bertz CT molecular complexity index is 651. The van der Waals surface area contributed by atoms with E-state index in [9.17, 15) is 4.79 Å². The molecule has 2 heterocycles. The molecule has 2 rings (SSSR count). The maximum absolute atomic E-state index is 12.0. The van der Waals surface area contributed by atoms with Crippen LogP contribution in [-0.4, -0.2) is 32.0 Å². The molecule has 7 nitrogen and oxygen atoms in total. The zero-order valence-electron chi connectivity index (χ0n) is 10.2. The van der Waals surface area contributed by atoms with Gasteiger partial charge in [-0.15, -0.1) is 0 Å².